The van der Waals surface area contributed by atoms with Gasteiger partial charge in [-0.05, 0) is 60.3 Å². The summed E-state index contributed by atoms with van der Waals surface area (Å²) in [5, 5.41) is 5.83. The highest BCUT2D eigenvalue weighted by Gasteiger charge is 2.22. The third kappa shape index (κ3) is 4.23. The molecule has 1 atom stereocenters. The number of hydrogen-bond donors (Lipinski definition) is 1. The van der Waals surface area contributed by atoms with Crippen LogP contribution in [0.2, 0.25) is 0 Å². The van der Waals surface area contributed by atoms with E-state index in [0.717, 1.165) is 39.1 Å². The van der Waals surface area contributed by atoms with Crippen molar-refractivity contribution in [2.24, 2.45) is 0 Å². The summed E-state index contributed by atoms with van der Waals surface area (Å²) in [6.45, 7) is 2.65. The Hall–Kier alpha value is -2.57. The monoisotopic (exact) mass is 425 g/mol. The Morgan fingerprint density at radius 1 is 1.00 bits per heavy atom. The maximum absolute atomic E-state index is 5.73. The van der Waals surface area contributed by atoms with Crippen molar-refractivity contribution in [2.45, 2.75) is 17.1 Å². The summed E-state index contributed by atoms with van der Waals surface area (Å²) < 4.78 is 16.7. The molecular formula is C23H23NO3S2. The number of nitrogens with one attached hydrogen (secondary N) is 1. The fourth-order valence-electron chi connectivity index (χ4n) is 3.24. The lowest BCUT2D eigenvalue weighted by molar-refractivity contribution is 0.339. The van der Waals surface area contributed by atoms with Crippen molar-refractivity contribution in [1.82, 2.24) is 0 Å². The maximum Gasteiger partial charge on any atom is 0.161 e. The molecule has 1 unspecified atom stereocenters. The summed E-state index contributed by atoms with van der Waals surface area (Å²) in [7, 11) is 3.32. The van der Waals surface area contributed by atoms with E-state index in [1.165, 1.54) is 4.88 Å². The molecule has 1 aliphatic rings. The van der Waals surface area contributed by atoms with E-state index < -0.39 is 0 Å². The molecule has 4 nitrogen and oxygen atoms in total. The number of thioether (sulfide) groups is 1. The van der Waals surface area contributed by atoms with E-state index in [9.17, 15) is 0 Å². The van der Waals surface area contributed by atoms with Gasteiger partial charge in [0.2, 0.25) is 0 Å². The van der Waals surface area contributed by atoms with Crippen LogP contribution in [0.15, 0.2) is 64.9 Å². The van der Waals surface area contributed by atoms with Gasteiger partial charge in [-0.25, -0.2) is 0 Å². The number of methoxy groups -OCH3 is 2. The average molecular weight is 426 g/mol. The number of fused-ring (bicyclic) bond motifs is 1. The van der Waals surface area contributed by atoms with Gasteiger partial charge in [0.15, 0.2) is 11.5 Å². The van der Waals surface area contributed by atoms with Crippen molar-refractivity contribution in [2.75, 3.05) is 26.1 Å². The van der Waals surface area contributed by atoms with Crippen LogP contribution < -0.4 is 19.5 Å². The van der Waals surface area contributed by atoms with E-state index in [1.807, 2.05) is 19.1 Å². The molecule has 1 aromatic heterocycles. The number of benzene rings is 2. The van der Waals surface area contributed by atoms with Gasteiger partial charge >= 0.3 is 0 Å². The van der Waals surface area contributed by atoms with Crippen LogP contribution in [0, 0.1) is 0 Å². The Bertz CT molecular complexity index is 1010. The van der Waals surface area contributed by atoms with Crippen molar-refractivity contribution in [1.29, 1.82) is 0 Å². The molecule has 2 heterocycles. The molecule has 4 rings (SSSR count). The van der Waals surface area contributed by atoms with Crippen LogP contribution in [0.1, 0.15) is 22.6 Å². The molecule has 0 saturated carbocycles. The molecule has 0 saturated heterocycles. The smallest absolute Gasteiger partial charge is 0.161 e. The summed E-state index contributed by atoms with van der Waals surface area (Å²) in [5.74, 6) is 2.35. The van der Waals surface area contributed by atoms with Crippen LogP contribution >= 0.6 is 23.1 Å². The molecule has 0 amide bonds. The standard InChI is InChI=1S/C23H23NO3S2/c1-4-27-16-8-9-17-23(13-16)29-22(14-18(24-17)21-6-5-11-28-21)15-7-10-19(25-2)20(12-15)26-3/h5-14,22,24H,4H2,1-3H3. The van der Waals surface area contributed by atoms with Crippen LogP contribution in [0.4, 0.5) is 5.69 Å². The highest BCUT2D eigenvalue weighted by molar-refractivity contribution is 7.99. The minimum Gasteiger partial charge on any atom is -0.494 e. The second kappa shape index (κ2) is 8.84. The lowest BCUT2D eigenvalue weighted by Gasteiger charge is -2.16. The first-order valence-electron chi connectivity index (χ1n) is 9.40. The van der Waals surface area contributed by atoms with Crippen molar-refractivity contribution >= 4 is 34.5 Å². The topological polar surface area (TPSA) is 39.7 Å². The van der Waals surface area contributed by atoms with E-state index >= 15 is 0 Å². The van der Waals surface area contributed by atoms with Crippen molar-refractivity contribution in [3.05, 3.63) is 70.4 Å². The predicted molar refractivity (Wildman–Crippen MR) is 122 cm³/mol. The lowest BCUT2D eigenvalue weighted by Crippen LogP contribution is -1.98. The molecule has 6 heteroatoms. The number of thiophene rings is 1. The summed E-state index contributed by atoms with van der Waals surface area (Å²) in [4.78, 5) is 2.36. The van der Waals surface area contributed by atoms with Gasteiger partial charge in [0.25, 0.3) is 0 Å². The summed E-state index contributed by atoms with van der Waals surface area (Å²) in [6, 6.07) is 16.5. The third-order valence-corrected chi connectivity index (χ3v) is 6.79. The first kappa shape index (κ1) is 19.7. The summed E-state index contributed by atoms with van der Waals surface area (Å²) in [6.07, 6.45) is 2.28. The highest BCUT2D eigenvalue weighted by Crippen LogP contribution is 2.47. The first-order chi connectivity index (χ1) is 14.2. The third-order valence-electron chi connectivity index (χ3n) is 4.63. The van der Waals surface area contributed by atoms with E-state index in [1.54, 1.807) is 37.3 Å². The Morgan fingerprint density at radius 2 is 1.86 bits per heavy atom. The molecule has 1 aliphatic heterocycles. The van der Waals surface area contributed by atoms with Gasteiger partial charge in [0.1, 0.15) is 5.75 Å². The molecule has 150 valence electrons. The molecule has 0 bridgehead atoms. The van der Waals surface area contributed by atoms with Gasteiger partial charge in [-0.1, -0.05) is 12.1 Å². The molecule has 2 aromatic carbocycles. The van der Waals surface area contributed by atoms with Gasteiger partial charge in [-0.2, -0.15) is 0 Å². The maximum atomic E-state index is 5.73. The zero-order chi connectivity index (χ0) is 20.2. The highest BCUT2D eigenvalue weighted by atomic mass is 32.2. The van der Waals surface area contributed by atoms with E-state index in [-0.39, 0.29) is 5.25 Å². The van der Waals surface area contributed by atoms with Crippen molar-refractivity contribution < 1.29 is 14.2 Å². The van der Waals surface area contributed by atoms with Gasteiger partial charge in [-0.15, -0.1) is 23.1 Å². The lowest BCUT2D eigenvalue weighted by atomic mass is 10.1. The average Bonchev–Trinajstić information content (AvgIpc) is 3.22. The van der Waals surface area contributed by atoms with Crippen LogP contribution in [0.5, 0.6) is 17.2 Å². The van der Waals surface area contributed by atoms with E-state index in [4.69, 9.17) is 14.2 Å². The number of ether oxygens (including phenoxy) is 3. The zero-order valence-corrected chi connectivity index (χ0v) is 18.2. The predicted octanol–water partition coefficient (Wildman–Crippen LogP) is 6.46. The molecule has 0 fully saturated rings. The Morgan fingerprint density at radius 3 is 2.59 bits per heavy atom. The fraction of sp³-hybridized carbons (Fsp3) is 0.217. The Kier molecular flexibility index (Phi) is 6.02. The van der Waals surface area contributed by atoms with Crippen LogP contribution in [0.25, 0.3) is 5.70 Å². The Labute approximate surface area is 179 Å². The minimum absolute atomic E-state index is 0.109. The van der Waals surface area contributed by atoms with Crippen molar-refractivity contribution in [3.63, 3.8) is 0 Å². The van der Waals surface area contributed by atoms with Crippen LogP contribution in [0.3, 0.4) is 0 Å². The van der Waals surface area contributed by atoms with Crippen molar-refractivity contribution in [3.8, 4) is 17.2 Å². The molecule has 0 radical (unpaired) electrons. The Balaban J connectivity index is 1.78. The SMILES string of the molecule is CCOc1ccc2c(c1)SC(c1ccc(OC)c(OC)c1)C=C(c1cccs1)N2. The summed E-state index contributed by atoms with van der Waals surface area (Å²) >= 11 is 3.52. The van der Waals surface area contributed by atoms with E-state index in [2.05, 4.69) is 53.2 Å². The van der Waals surface area contributed by atoms with Gasteiger partial charge < -0.3 is 19.5 Å². The second-order valence-corrected chi connectivity index (χ2v) is 8.56. The zero-order valence-electron chi connectivity index (χ0n) is 16.6. The summed E-state index contributed by atoms with van der Waals surface area (Å²) in [5.41, 5.74) is 3.34. The molecular weight excluding hydrogens is 402 g/mol. The van der Waals surface area contributed by atoms with Gasteiger partial charge in [0, 0.05) is 4.90 Å². The fourth-order valence-corrected chi connectivity index (χ4v) is 5.14. The molecule has 1 N–H and O–H groups in total. The van der Waals surface area contributed by atoms with E-state index in [0.29, 0.717) is 6.61 Å². The second-order valence-electron chi connectivity index (χ2n) is 6.43. The minimum atomic E-state index is 0.109. The molecule has 29 heavy (non-hydrogen) atoms. The van der Waals surface area contributed by atoms with Gasteiger partial charge in [-0.3, -0.25) is 0 Å². The normalized spacial score (nSPS) is 15.6. The largest absolute Gasteiger partial charge is 0.494 e. The van der Waals surface area contributed by atoms with Crippen LogP contribution in [-0.4, -0.2) is 20.8 Å². The quantitative estimate of drug-likeness (QED) is 0.490. The molecule has 3 aromatic rings. The van der Waals surface area contributed by atoms with Crippen LogP contribution in [-0.2, 0) is 0 Å². The molecule has 0 aliphatic carbocycles. The number of hydrogen-bond acceptors (Lipinski definition) is 6. The molecule has 0 spiro atoms. The van der Waals surface area contributed by atoms with Gasteiger partial charge in [0.05, 0.1) is 42.3 Å². The number of anilines is 1. The first-order valence-corrected chi connectivity index (χ1v) is 11.2. The number of rotatable bonds is 6.